The second-order valence-electron chi connectivity index (χ2n) is 8.35. The van der Waals surface area contributed by atoms with Crippen LogP contribution in [0.1, 0.15) is 45.4 Å². The Hall–Kier alpha value is -1.70. The zero-order valence-corrected chi connectivity index (χ0v) is 22.3. The number of hydrogen-bond acceptors (Lipinski definition) is 0. The zero-order chi connectivity index (χ0) is 22.6. The molecule has 0 heterocycles. The maximum absolute atomic E-state index is 2.90. The molecule has 168 valence electrons. The van der Waals surface area contributed by atoms with Crippen molar-refractivity contribution < 1.29 is 0 Å². The maximum atomic E-state index is 2.90. The number of hydrogen-bond donors (Lipinski definition) is 0. The van der Waals surface area contributed by atoms with Gasteiger partial charge in [0.25, 0.3) is 0 Å². The van der Waals surface area contributed by atoms with Gasteiger partial charge in [0.2, 0.25) is 0 Å². The topological polar surface area (TPSA) is 0 Å². The molecule has 0 aliphatic carbocycles. The Morgan fingerprint density at radius 2 is 1.06 bits per heavy atom. The summed E-state index contributed by atoms with van der Waals surface area (Å²) in [7, 11) is 0. The molecule has 3 rings (SSSR count). The molecule has 0 saturated carbocycles. The van der Waals surface area contributed by atoms with Crippen molar-refractivity contribution in [3.8, 4) is 0 Å². The van der Waals surface area contributed by atoms with Crippen molar-refractivity contribution in [1.29, 1.82) is 0 Å². The van der Waals surface area contributed by atoms with Crippen LogP contribution >= 0.6 is 26.3 Å². The van der Waals surface area contributed by atoms with E-state index in [9.17, 15) is 0 Å². The molecule has 3 aromatic carbocycles. The molecule has 0 N–H and O–H groups in total. The van der Waals surface area contributed by atoms with E-state index in [1.807, 2.05) is 0 Å². The molecule has 0 aliphatic rings. The third-order valence-corrected chi connectivity index (χ3v) is 17.9. The van der Waals surface area contributed by atoms with E-state index in [4.69, 9.17) is 0 Å². The minimum atomic E-state index is -2.58. The molecule has 0 aliphatic heterocycles. The van der Waals surface area contributed by atoms with Gasteiger partial charge in [-0.2, -0.15) is 0 Å². The standard InChI is InChI=1S/C30H36IP/c1-2-3-4-5-6-7-8-9-10-20-27-32(31,28-21-14-11-15-22-28,29-23-16-12-17-24-29)30-25-18-13-19-26-30/h3-4,6-7,11-19,21-26H,2,5,8-10,20,27H2,1H3/b4-3-,7-6-. The number of unbranched alkanes of at least 4 members (excludes halogenated alkanes) is 3. The summed E-state index contributed by atoms with van der Waals surface area (Å²) in [4.78, 5) is 0. The molecule has 0 amide bonds. The Bertz CT molecular complexity index is 878. The van der Waals surface area contributed by atoms with Crippen LogP contribution in [-0.4, -0.2) is 6.16 Å². The molecule has 0 fully saturated rings. The van der Waals surface area contributed by atoms with E-state index < -0.39 is 4.25 Å². The van der Waals surface area contributed by atoms with Crippen molar-refractivity contribution in [3.05, 3.63) is 115 Å². The van der Waals surface area contributed by atoms with Gasteiger partial charge in [0.05, 0.1) is 0 Å². The van der Waals surface area contributed by atoms with Crippen molar-refractivity contribution in [2.75, 3.05) is 6.16 Å². The summed E-state index contributed by atoms with van der Waals surface area (Å²) >= 11 is 2.90. The van der Waals surface area contributed by atoms with E-state index in [0.717, 1.165) is 12.8 Å². The summed E-state index contributed by atoms with van der Waals surface area (Å²) in [6, 6.07) is 33.8. The van der Waals surface area contributed by atoms with Gasteiger partial charge in [0, 0.05) is 0 Å². The third-order valence-electron chi connectivity index (χ3n) is 6.17. The van der Waals surface area contributed by atoms with Crippen LogP contribution in [0, 0.1) is 0 Å². The Kier molecular flexibility index (Phi) is 9.75. The number of rotatable bonds is 12. The normalized spacial score (nSPS) is 13.4. The molecule has 0 unspecified atom stereocenters. The summed E-state index contributed by atoms with van der Waals surface area (Å²) in [6.07, 6.45) is 17.5. The monoisotopic (exact) mass is 554 g/mol. The summed E-state index contributed by atoms with van der Waals surface area (Å²) in [5.74, 6) is 0. The van der Waals surface area contributed by atoms with Crippen molar-refractivity contribution in [2.24, 2.45) is 0 Å². The predicted octanol–water partition coefficient (Wildman–Crippen LogP) is 8.34. The minimum absolute atomic E-state index is 1.06. The van der Waals surface area contributed by atoms with E-state index in [-0.39, 0.29) is 0 Å². The van der Waals surface area contributed by atoms with E-state index in [2.05, 4.69) is 144 Å². The van der Waals surface area contributed by atoms with Crippen LogP contribution in [0.3, 0.4) is 0 Å². The molecule has 2 heteroatoms. The first kappa shape index (κ1) is 24.9. The molecule has 32 heavy (non-hydrogen) atoms. The van der Waals surface area contributed by atoms with Gasteiger partial charge in [-0.1, -0.05) is 0 Å². The number of allylic oxidation sites excluding steroid dienone is 4. The van der Waals surface area contributed by atoms with Gasteiger partial charge in [0.1, 0.15) is 0 Å². The van der Waals surface area contributed by atoms with Crippen molar-refractivity contribution in [1.82, 2.24) is 0 Å². The fraction of sp³-hybridized carbons (Fsp3) is 0.267. The Balaban J connectivity index is 1.85. The average molecular weight is 554 g/mol. The van der Waals surface area contributed by atoms with Gasteiger partial charge >= 0.3 is 209 Å². The molecule has 0 nitrogen and oxygen atoms in total. The predicted molar refractivity (Wildman–Crippen MR) is 156 cm³/mol. The molecular formula is C30H36IP. The van der Waals surface area contributed by atoms with Crippen LogP contribution in [0.2, 0.25) is 0 Å². The molecule has 0 spiro atoms. The fourth-order valence-electron chi connectivity index (χ4n) is 4.45. The first-order valence-electron chi connectivity index (χ1n) is 11.9. The van der Waals surface area contributed by atoms with Gasteiger partial charge in [-0.3, -0.25) is 0 Å². The van der Waals surface area contributed by atoms with Gasteiger partial charge < -0.3 is 0 Å². The van der Waals surface area contributed by atoms with Gasteiger partial charge in [-0.15, -0.1) is 0 Å². The Morgan fingerprint density at radius 3 is 1.53 bits per heavy atom. The van der Waals surface area contributed by atoms with E-state index in [1.54, 1.807) is 0 Å². The zero-order valence-electron chi connectivity index (χ0n) is 19.2. The van der Waals surface area contributed by atoms with Crippen LogP contribution in [0.25, 0.3) is 0 Å². The van der Waals surface area contributed by atoms with Gasteiger partial charge in [-0.05, 0) is 0 Å². The molecule has 0 saturated heterocycles. The van der Waals surface area contributed by atoms with Crippen LogP contribution in [-0.2, 0) is 0 Å². The number of benzene rings is 3. The quantitative estimate of drug-likeness (QED) is 0.0914. The van der Waals surface area contributed by atoms with Crippen LogP contribution in [0.5, 0.6) is 0 Å². The molecular weight excluding hydrogens is 518 g/mol. The summed E-state index contributed by atoms with van der Waals surface area (Å²) in [6.45, 7) is 2.18. The summed E-state index contributed by atoms with van der Waals surface area (Å²) < 4.78 is -2.58. The second kappa shape index (κ2) is 12.5. The van der Waals surface area contributed by atoms with Gasteiger partial charge in [-0.25, -0.2) is 0 Å². The Labute approximate surface area is 208 Å². The van der Waals surface area contributed by atoms with Crippen molar-refractivity contribution in [3.63, 3.8) is 0 Å². The molecule has 0 aromatic heterocycles. The molecule has 0 radical (unpaired) electrons. The fourth-order valence-corrected chi connectivity index (χ4v) is 13.2. The van der Waals surface area contributed by atoms with Crippen molar-refractivity contribution in [2.45, 2.75) is 45.4 Å². The third kappa shape index (κ3) is 5.80. The van der Waals surface area contributed by atoms with Crippen molar-refractivity contribution >= 4 is 42.2 Å². The molecule has 0 bridgehead atoms. The number of halogens is 1. The van der Waals surface area contributed by atoms with E-state index >= 15 is 0 Å². The Morgan fingerprint density at radius 1 is 0.594 bits per heavy atom. The van der Waals surface area contributed by atoms with E-state index in [1.165, 1.54) is 47.8 Å². The summed E-state index contributed by atoms with van der Waals surface area (Å²) in [5.41, 5.74) is 0. The first-order valence-corrected chi connectivity index (χ1v) is 17.1. The second-order valence-corrected chi connectivity index (χ2v) is 19.1. The van der Waals surface area contributed by atoms with Crippen LogP contribution in [0.15, 0.2) is 115 Å². The average Bonchev–Trinajstić information content (AvgIpc) is 2.87. The first-order chi connectivity index (χ1) is 15.7. The molecule has 3 aromatic rings. The molecule has 0 atom stereocenters. The summed E-state index contributed by atoms with van der Waals surface area (Å²) in [5, 5.41) is 4.46. The SMILES string of the molecule is CC/C=C\C/C=C\CCCCCP(I)(c1ccccc1)(c1ccccc1)c1ccccc1. The van der Waals surface area contributed by atoms with Crippen LogP contribution in [0.4, 0.5) is 0 Å². The van der Waals surface area contributed by atoms with Gasteiger partial charge in [0.15, 0.2) is 0 Å². The van der Waals surface area contributed by atoms with Crippen LogP contribution < -0.4 is 15.9 Å². The van der Waals surface area contributed by atoms with E-state index in [0.29, 0.717) is 0 Å².